The molecule has 1 amide bonds. The second kappa shape index (κ2) is 7.24. The molecule has 0 radical (unpaired) electrons. The lowest BCUT2D eigenvalue weighted by Gasteiger charge is -2.29. The van der Waals surface area contributed by atoms with Gasteiger partial charge in [-0.3, -0.25) is 9.59 Å². The van der Waals surface area contributed by atoms with Gasteiger partial charge in [-0.2, -0.15) is 0 Å². The number of carbonyl (C=O) groups is 1. The lowest BCUT2D eigenvalue weighted by molar-refractivity contribution is -0.132. The number of aryl methyl sites for hydroxylation is 1. The molecule has 21 heavy (non-hydrogen) atoms. The molecule has 116 valence electrons. The van der Waals surface area contributed by atoms with Crippen LogP contribution in [0.3, 0.4) is 0 Å². The number of hydrogen-bond donors (Lipinski definition) is 1. The van der Waals surface area contributed by atoms with Crippen molar-refractivity contribution in [3.8, 4) is 0 Å². The van der Waals surface area contributed by atoms with Gasteiger partial charge in [0.2, 0.25) is 5.91 Å². The zero-order chi connectivity index (χ0) is 15.2. The average molecular weight is 292 g/mol. The van der Waals surface area contributed by atoms with Crippen LogP contribution in [0.1, 0.15) is 39.5 Å². The van der Waals surface area contributed by atoms with Crippen molar-refractivity contribution >= 4 is 11.7 Å². The summed E-state index contributed by atoms with van der Waals surface area (Å²) in [4.78, 5) is 30.5. The second-order valence-corrected chi connectivity index (χ2v) is 5.53. The largest absolute Gasteiger partial charge is 0.354 e. The number of amides is 1. The number of nitrogens with zero attached hydrogens (tertiary/aromatic N) is 3. The minimum atomic E-state index is -0.430. The molecule has 0 bridgehead atoms. The standard InChI is InChI=1S/C15H24N4O2/c1-3-8-18-11-7-16-13(15(18)21)17-12(2)14(20)19-9-5-4-6-10-19/h7,11-12H,3-6,8-10H2,1-2H3,(H,16,17). The van der Waals surface area contributed by atoms with Gasteiger partial charge in [-0.05, 0) is 32.6 Å². The van der Waals surface area contributed by atoms with Gasteiger partial charge in [0.15, 0.2) is 5.82 Å². The molecule has 1 aliphatic rings. The maximum Gasteiger partial charge on any atom is 0.293 e. The van der Waals surface area contributed by atoms with Crippen LogP contribution >= 0.6 is 0 Å². The van der Waals surface area contributed by atoms with E-state index in [1.54, 1.807) is 23.9 Å². The van der Waals surface area contributed by atoms with Crippen molar-refractivity contribution in [3.63, 3.8) is 0 Å². The minimum Gasteiger partial charge on any atom is -0.354 e. The summed E-state index contributed by atoms with van der Waals surface area (Å²) in [6.07, 6.45) is 7.46. The van der Waals surface area contributed by atoms with E-state index in [0.29, 0.717) is 6.54 Å². The van der Waals surface area contributed by atoms with Crippen LogP contribution in [-0.2, 0) is 11.3 Å². The fourth-order valence-electron chi connectivity index (χ4n) is 2.62. The van der Waals surface area contributed by atoms with Gasteiger partial charge < -0.3 is 14.8 Å². The quantitative estimate of drug-likeness (QED) is 0.892. The van der Waals surface area contributed by atoms with E-state index in [1.807, 2.05) is 11.8 Å². The highest BCUT2D eigenvalue weighted by atomic mass is 16.2. The molecule has 1 saturated heterocycles. The molecule has 2 heterocycles. The normalized spacial score (nSPS) is 16.6. The first kappa shape index (κ1) is 15.5. The molecule has 1 aromatic rings. The number of rotatable bonds is 5. The van der Waals surface area contributed by atoms with Crippen LogP contribution in [0.2, 0.25) is 0 Å². The van der Waals surface area contributed by atoms with Gasteiger partial charge in [0.25, 0.3) is 5.56 Å². The summed E-state index contributed by atoms with van der Waals surface area (Å²) in [5, 5.41) is 2.97. The van der Waals surface area contributed by atoms with E-state index in [4.69, 9.17) is 0 Å². The number of aromatic nitrogens is 2. The SMILES string of the molecule is CCCn1ccnc(NC(C)C(=O)N2CCCCC2)c1=O. The molecule has 1 atom stereocenters. The molecule has 1 aliphatic heterocycles. The lowest BCUT2D eigenvalue weighted by atomic mass is 10.1. The Bertz CT molecular complexity index is 535. The molecule has 2 rings (SSSR count). The van der Waals surface area contributed by atoms with Crippen LogP contribution in [0, 0.1) is 0 Å². The summed E-state index contributed by atoms with van der Waals surface area (Å²) in [6, 6.07) is -0.430. The number of piperidine rings is 1. The molecule has 1 N–H and O–H groups in total. The lowest BCUT2D eigenvalue weighted by Crippen LogP contribution is -2.44. The molecule has 0 saturated carbocycles. The Labute approximate surface area is 125 Å². The summed E-state index contributed by atoms with van der Waals surface area (Å²) < 4.78 is 1.62. The van der Waals surface area contributed by atoms with Crippen molar-refractivity contribution in [2.75, 3.05) is 18.4 Å². The molecule has 1 unspecified atom stereocenters. The Hall–Kier alpha value is -1.85. The van der Waals surface area contributed by atoms with Crippen molar-refractivity contribution < 1.29 is 4.79 Å². The van der Waals surface area contributed by atoms with E-state index >= 15 is 0 Å². The van der Waals surface area contributed by atoms with E-state index in [9.17, 15) is 9.59 Å². The first-order valence-corrected chi connectivity index (χ1v) is 7.74. The van der Waals surface area contributed by atoms with Gasteiger partial charge in [-0.15, -0.1) is 0 Å². The second-order valence-electron chi connectivity index (χ2n) is 5.53. The molecule has 6 heteroatoms. The molecular formula is C15H24N4O2. The van der Waals surface area contributed by atoms with Gasteiger partial charge in [-0.1, -0.05) is 6.92 Å². The fourth-order valence-corrected chi connectivity index (χ4v) is 2.62. The van der Waals surface area contributed by atoms with Gasteiger partial charge in [0.1, 0.15) is 6.04 Å². The first-order chi connectivity index (χ1) is 10.1. The third kappa shape index (κ3) is 3.83. The van der Waals surface area contributed by atoms with Crippen LogP contribution in [0.25, 0.3) is 0 Å². The average Bonchev–Trinajstić information content (AvgIpc) is 2.51. The van der Waals surface area contributed by atoms with Gasteiger partial charge in [0.05, 0.1) is 0 Å². The highest BCUT2D eigenvalue weighted by Gasteiger charge is 2.23. The zero-order valence-electron chi connectivity index (χ0n) is 12.8. The number of nitrogens with one attached hydrogen (secondary N) is 1. The maximum absolute atomic E-state index is 12.4. The summed E-state index contributed by atoms with van der Waals surface area (Å²) in [6.45, 7) is 6.09. The van der Waals surface area contributed by atoms with Crippen LogP contribution in [0.15, 0.2) is 17.2 Å². The van der Waals surface area contributed by atoms with Gasteiger partial charge in [0, 0.05) is 32.0 Å². The smallest absolute Gasteiger partial charge is 0.293 e. The zero-order valence-corrected chi connectivity index (χ0v) is 12.8. The highest BCUT2D eigenvalue weighted by Crippen LogP contribution is 2.11. The summed E-state index contributed by atoms with van der Waals surface area (Å²) in [5.74, 6) is 0.297. The highest BCUT2D eigenvalue weighted by molar-refractivity contribution is 5.84. The van der Waals surface area contributed by atoms with E-state index in [2.05, 4.69) is 10.3 Å². The van der Waals surface area contributed by atoms with E-state index in [-0.39, 0.29) is 17.3 Å². The molecular weight excluding hydrogens is 268 g/mol. The Kier molecular flexibility index (Phi) is 5.36. The fraction of sp³-hybridized carbons (Fsp3) is 0.667. The van der Waals surface area contributed by atoms with Gasteiger partial charge >= 0.3 is 0 Å². The Morgan fingerprint density at radius 3 is 2.76 bits per heavy atom. The molecule has 1 fully saturated rings. The summed E-state index contributed by atoms with van der Waals surface area (Å²) >= 11 is 0. The molecule has 0 spiro atoms. The van der Waals surface area contributed by atoms with Crippen molar-refractivity contribution in [2.24, 2.45) is 0 Å². The number of carbonyl (C=O) groups excluding carboxylic acids is 1. The van der Waals surface area contributed by atoms with E-state index in [1.165, 1.54) is 6.42 Å². The van der Waals surface area contributed by atoms with Crippen LogP contribution in [0.4, 0.5) is 5.82 Å². The molecule has 1 aromatic heterocycles. The Morgan fingerprint density at radius 2 is 2.10 bits per heavy atom. The van der Waals surface area contributed by atoms with E-state index in [0.717, 1.165) is 32.4 Å². The number of anilines is 1. The minimum absolute atomic E-state index is 0.0433. The van der Waals surface area contributed by atoms with Crippen molar-refractivity contribution in [2.45, 2.75) is 52.1 Å². The van der Waals surface area contributed by atoms with Crippen molar-refractivity contribution in [1.29, 1.82) is 0 Å². The topological polar surface area (TPSA) is 67.2 Å². The first-order valence-electron chi connectivity index (χ1n) is 7.74. The van der Waals surface area contributed by atoms with Crippen molar-refractivity contribution in [1.82, 2.24) is 14.5 Å². The van der Waals surface area contributed by atoms with Crippen molar-refractivity contribution in [3.05, 3.63) is 22.7 Å². The summed E-state index contributed by atoms with van der Waals surface area (Å²) in [7, 11) is 0. The molecule has 0 aliphatic carbocycles. The van der Waals surface area contributed by atoms with Crippen LogP contribution < -0.4 is 10.9 Å². The number of likely N-dealkylation sites (tertiary alicyclic amines) is 1. The predicted octanol–water partition coefficient (Wildman–Crippen LogP) is 1.47. The van der Waals surface area contributed by atoms with Crippen LogP contribution in [0.5, 0.6) is 0 Å². The third-order valence-electron chi connectivity index (χ3n) is 3.77. The Morgan fingerprint density at radius 1 is 1.38 bits per heavy atom. The summed E-state index contributed by atoms with van der Waals surface area (Å²) in [5.41, 5.74) is -0.169. The number of hydrogen-bond acceptors (Lipinski definition) is 4. The molecule has 6 nitrogen and oxygen atoms in total. The van der Waals surface area contributed by atoms with E-state index < -0.39 is 6.04 Å². The third-order valence-corrected chi connectivity index (χ3v) is 3.77. The maximum atomic E-state index is 12.4. The van der Waals surface area contributed by atoms with Crippen LogP contribution in [-0.4, -0.2) is 39.5 Å². The monoisotopic (exact) mass is 292 g/mol. The molecule has 0 aromatic carbocycles. The van der Waals surface area contributed by atoms with Gasteiger partial charge in [-0.25, -0.2) is 4.98 Å². The Balaban J connectivity index is 2.05. The predicted molar refractivity (Wildman–Crippen MR) is 82.3 cm³/mol.